The molecule has 5 heteroatoms. The lowest BCUT2D eigenvalue weighted by molar-refractivity contribution is 0.0686. The van der Waals surface area contributed by atoms with Crippen LogP contribution >= 0.6 is 0 Å². The Morgan fingerprint density at radius 3 is 2.78 bits per heavy atom. The second-order valence-electron chi connectivity index (χ2n) is 4.74. The lowest BCUT2D eigenvalue weighted by Gasteiger charge is -2.35. The molecule has 1 aromatic carbocycles. The molecule has 0 saturated heterocycles. The first-order valence-corrected chi connectivity index (χ1v) is 5.56. The maximum absolute atomic E-state index is 13.9. The summed E-state index contributed by atoms with van der Waals surface area (Å²) in [5.74, 6) is -1.76. The van der Waals surface area contributed by atoms with Crippen molar-refractivity contribution in [1.29, 1.82) is 5.41 Å². The maximum Gasteiger partial charge on any atom is 0.335 e. The van der Waals surface area contributed by atoms with Gasteiger partial charge in [-0.05, 0) is 31.5 Å². The van der Waals surface area contributed by atoms with E-state index in [1.807, 2.05) is 0 Å². The van der Waals surface area contributed by atoms with Crippen molar-refractivity contribution in [3.05, 3.63) is 34.6 Å². The average Bonchev–Trinajstić information content (AvgIpc) is 2.29. The predicted octanol–water partition coefficient (Wildman–Crippen LogP) is 2.35. The van der Waals surface area contributed by atoms with E-state index in [-0.39, 0.29) is 18.8 Å². The van der Waals surface area contributed by atoms with E-state index in [0.717, 1.165) is 6.07 Å². The molecule has 4 nitrogen and oxygen atoms in total. The third-order valence-electron chi connectivity index (χ3n) is 3.50. The zero-order valence-electron chi connectivity index (χ0n) is 10.2. The molecule has 0 radical (unpaired) electrons. The van der Waals surface area contributed by atoms with Gasteiger partial charge in [0, 0.05) is 11.3 Å². The number of hydrogen-bond acceptors (Lipinski definition) is 3. The second kappa shape index (κ2) is 4.17. The molecule has 0 saturated carbocycles. The topological polar surface area (TPSA) is 70.4 Å². The van der Waals surface area contributed by atoms with Gasteiger partial charge in [-0.15, -0.1) is 0 Å². The van der Waals surface area contributed by atoms with Crippen LogP contribution < -0.4 is 0 Å². The van der Waals surface area contributed by atoms with Crippen LogP contribution in [-0.2, 0) is 16.8 Å². The minimum Gasteiger partial charge on any atom is -0.478 e. The molecule has 0 bridgehead atoms. The van der Waals surface area contributed by atoms with E-state index >= 15 is 0 Å². The fourth-order valence-electron chi connectivity index (χ4n) is 2.14. The van der Waals surface area contributed by atoms with Crippen LogP contribution in [0.15, 0.2) is 12.1 Å². The number of carboxylic acid groups (broad SMARTS) is 1. The molecule has 1 aliphatic rings. The molecule has 1 aliphatic heterocycles. The zero-order chi connectivity index (χ0) is 13.5. The minimum absolute atomic E-state index is 0.0966. The van der Waals surface area contributed by atoms with E-state index < -0.39 is 17.2 Å². The molecule has 0 spiro atoms. The van der Waals surface area contributed by atoms with Crippen LogP contribution in [0.4, 0.5) is 4.39 Å². The van der Waals surface area contributed by atoms with E-state index in [4.69, 9.17) is 15.3 Å². The Hall–Kier alpha value is -1.75. The summed E-state index contributed by atoms with van der Waals surface area (Å²) in [6.45, 7) is 3.75. The maximum atomic E-state index is 13.9. The van der Waals surface area contributed by atoms with Gasteiger partial charge in [0.15, 0.2) is 0 Å². The number of fused-ring (bicyclic) bond motifs is 1. The van der Waals surface area contributed by atoms with Crippen LogP contribution in [0.2, 0.25) is 0 Å². The molecule has 1 aromatic rings. The van der Waals surface area contributed by atoms with Crippen LogP contribution in [0.1, 0.15) is 35.3 Å². The SMILES string of the molecule is CC(=N)[C@]1(C)COCc2c(F)cc(C(=O)O)cc21. The van der Waals surface area contributed by atoms with Gasteiger partial charge in [0.05, 0.1) is 24.2 Å². The molecule has 0 aliphatic carbocycles. The van der Waals surface area contributed by atoms with Gasteiger partial charge in [0.25, 0.3) is 0 Å². The molecule has 1 atom stereocenters. The molecule has 0 unspecified atom stereocenters. The van der Waals surface area contributed by atoms with Crippen molar-refractivity contribution in [1.82, 2.24) is 0 Å². The number of halogens is 1. The van der Waals surface area contributed by atoms with Gasteiger partial charge in [-0.3, -0.25) is 0 Å². The van der Waals surface area contributed by atoms with Crippen molar-refractivity contribution < 1.29 is 19.0 Å². The van der Waals surface area contributed by atoms with E-state index in [2.05, 4.69) is 0 Å². The van der Waals surface area contributed by atoms with Gasteiger partial charge in [0.2, 0.25) is 0 Å². The molecule has 0 fully saturated rings. The summed E-state index contributed by atoms with van der Waals surface area (Å²) >= 11 is 0. The lowest BCUT2D eigenvalue weighted by Crippen LogP contribution is -2.40. The minimum atomic E-state index is -1.17. The van der Waals surface area contributed by atoms with Gasteiger partial charge in [-0.1, -0.05) is 0 Å². The third-order valence-corrected chi connectivity index (χ3v) is 3.50. The molecule has 0 aromatic heterocycles. The Bertz CT molecular complexity index is 541. The number of rotatable bonds is 2. The summed E-state index contributed by atoms with van der Waals surface area (Å²) < 4.78 is 19.2. The molecule has 2 N–H and O–H groups in total. The Morgan fingerprint density at radius 2 is 2.22 bits per heavy atom. The summed E-state index contributed by atoms with van der Waals surface area (Å²) in [6.07, 6.45) is 0. The zero-order valence-corrected chi connectivity index (χ0v) is 10.2. The number of hydrogen-bond donors (Lipinski definition) is 2. The number of carboxylic acids is 1. The lowest BCUT2D eigenvalue weighted by atomic mass is 9.75. The van der Waals surface area contributed by atoms with E-state index in [0.29, 0.717) is 16.8 Å². The smallest absolute Gasteiger partial charge is 0.335 e. The molecule has 96 valence electrons. The molecule has 0 amide bonds. The monoisotopic (exact) mass is 251 g/mol. The Balaban J connectivity index is 2.69. The van der Waals surface area contributed by atoms with Crippen LogP contribution in [0.25, 0.3) is 0 Å². The largest absolute Gasteiger partial charge is 0.478 e. The molecule has 1 heterocycles. The number of benzene rings is 1. The van der Waals surface area contributed by atoms with Crippen LogP contribution in [0.5, 0.6) is 0 Å². The highest BCUT2D eigenvalue weighted by molar-refractivity contribution is 5.93. The number of aromatic carboxylic acids is 1. The van der Waals surface area contributed by atoms with E-state index in [1.165, 1.54) is 6.07 Å². The summed E-state index contributed by atoms with van der Waals surface area (Å²) in [5.41, 5.74) is 0.352. The van der Waals surface area contributed by atoms with Gasteiger partial charge >= 0.3 is 5.97 Å². The molecule has 18 heavy (non-hydrogen) atoms. The van der Waals surface area contributed by atoms with Crippen LogP contribution in [-0.4, -0.2) is 23.4 Å². The third kappa shape index (κ3) is 1.80. The van der Waals surface area contributed by atoms with E-state index in [9.17, 15) is 9.18 Å². The van der Waals surface area contributed by atoms with Gasteiger partial charge in [-0.25, -0.2) is 9.18 Å². The van der Waals surface area contributed by atoms with Crippen molar-refractivity contribution in [2.24, 2.45) is 0 Å². The normalized spacial score (nSPS) is 22.4. The highest BCUT2D eigenvalue weighted by atomic mass is 19.1. The second-order valence-corrected chi connectivity index (χ2v) is 4.74. The van der Waals surface area contributed by atoms with Crippen LogP contribution in [0.3, 0.4) is 0 Å². The van der Waals surface area contributed by atoms with Crippen molar-refractivity contribution in [3.8, 4) is 0 Å². The Morgan fingerprint density at radius 1 is 1.56 bits per heavy atom. The van der Waals surface area contributed by atoms with Gasteiger partial charge in [-0.2, -0.15) is 0 Å². The molecule has 2 rings (SSSR count). The predicted molar refractivity (Wildman–Crippen MR) is 63.8 cm³/mol. The van der Waals surface area contributed by atoms with Gasteiger partial charge < -0.3 is 15.3 Å². The summed E-state index contributed by atoms with van der Waals surface area (Å²) in [5, 5.41) is 16.8. The standard InChI is InChI=1S/C13H14FNO3/c1-7(15)13(2)6-18-5-9-10(13)3-8(12(16)17)4-11(9)14/h3-4,15H,5-6H2,1-2H3,(H,16,17)/t13-/m0/s1. The highest BCUT2D eigenvalue weighted by Crippen LogP contribution is 2.35. The number of carbonyl (C=O) groups is 1. The Kier molecular flexibility index (Phi) is 2.94. The first kappa shape index (κ1) is 12.7. The molecular formula is C13H14FNO3. The van der Waals surface area contributed by atoms with Crippen molar-refractivity contribution in [2.45, 2.75) is 25.9 Å². The summed E-state index contributed by atoms with van der Waals surface area (Å²) in [6, 6.07) is 2.44. The fourth-order valence-corrected chi connectivity index (χ4v) is 2.14. The van der Waals surface area contributed by atoms with Crippen molar-refractivity contribution in [2.75, 3.05) is 6.61 Å². The first-order chi connectivity index (χ1) is 8.36. The fraction of sp³-hybridized carbons (Fsp3) is 0.385. The number of nitrogens with one attached hydrogen (secondary N) is 1. The quantitative estimate of drug-likeness (QED) is 0.792. The molecular weight excluding hydrogens is 237 g/mol. The van der Waals surface area contributed by atoms with E-state index in [1.54, 1.807) is 13.8 Å². The average molecular weight is 251 g/mol. The summed E-state index contributed by atoms with van der Waals surface area (Å²) in [4.78, 5) is 11.0. The van der Waals surface area contributed by atoms with Crippen molar-refractivity contribution >= 4 is 11.7 Å². The highest BCUT2D eigenvalue weighted by Gasteiger charge is 2.37. The first-order valence-electron chi connectivity index (χ1n) is 5.56. The Labute approximate surface area is 104 Å². The van der Waals surface area contributed by atoms with Crippen LogP contribution in [0, 0.1) is 11.2 Å². The summed E-state index contributed by atoms with van der Waals surface area (Å²) in [7, 11) is 0. The van der Waals surface area contributed by atoms with Gasteiger partial charge in [0.1, 0.15) is 5.82 Å². The number of ether oxygens (including phenoxy) is 1. The van der Waals surface area contributed by atoms with Crippen molar-refractivity contribution in [3.63, 3.8) is 0 Å².